The fraction of sp³-hybridized carbons (Fsp3) is 0.190. The van der Waals surface area contributed by atoms with E-state index in [9.17, 15) is 4.79 Å². The zero-order chi connectivity index (χ0) is 20.3. The number of rotatable bonds is 6. The van der Waals surface area contributed by atoms with Crippen LogP contribution in [0, 0.1) is 0 Å². The Morgan fingerprint density at radius 1 is 1.07 bits per heavy atom. The summed E-state index contributed by atoms with van der Waals surface area (Å²) in [5, 5.41) is 4.39. The van der Waals surface area contributed by atoms with Crippen molar-refractivity contribution in [3.05, 3.63) is 54.2 Å². The van der Waals surface area contributed by atoms with Crippen LogP contribution in [0.5, 0.6) is 11.5 Å². The molecule has 4 aromatic rings. The highest BCUT2D eigenvalue weighted by Crippen LogP contribution is 2.34. The van der Waals surface area contributed by atoms with Crippen molar-refractivity contribution in [1.29, 1.82) is 0 Å². The van der Waals surface area contributed by atoms with E-state index in [1.54, 1.807) is 6.07 Å². The highest BCUT2D eigenvalue weighted by Gasteiger charge is 2.16. The molecule has 0 spiro atoms. The normalized spacial score (nSPS) is 12.8. The van der Waals surface area contributed by atoms with Crippen molar-refractivity contribution >= 4 is 28.8 Å². The van der Waals surface area contributed by atoms with Crippen LogP contribution in [0.15, 0.2) is 62.7 Å². The summed E-state index contributed by atoms with van der Waals surface area (Å²) in [5.41, 5.74) is 2.75. The zero-order valence-corrected chi connectivity index (χ0v) is 16.5. The molecule has 2 aromatic heterocycles. The van der Waals surface area contributed by atoms with Gasteiger partial charge in [-0.05, 0) is 30.3 Å². The van der Waals surface area contributed by atoms with Crippen molar-refractivity contribution in [1.82, 2.24) is 10.1 Å². The number of nitrogens with zero attached hydrogens (tertiary/aromatic N) is 2. The molecule has 0 bridgehead atoms. The minimum absolute atomic E-state index is 0.0149. The van der Waals surface area contributed by atoms with E-state index in [4.69, 9.17) is 23.2 Å². The Kier molecular flexibility index (Phi) is 5.02. The van der Waals surface area contributed by atoms with Gasteiger partial charge in [-0.1, -0.05) is 29.1 Å². The SMILES string of the molecule is O=C(CSc1nc2ccccc2o1)OCc1cc(-c2ccc3c(c2)OCCO3)on1. The number of carbonyl (C=O) groups is 1. The van der Waals surface area contributed by atoms with Gasteiger partial charge < -0.3 is 23.2 Å². The van der Waals surface area contributed by atoms with E-state index in [-0.39, 0.29) is 12.4 Å². The maximum atomic E-state index is 12.0. The van der Waals surface area contributed by atoms with Crippen molar-refractivity contribution in [2.24, 2.45) is 0 Å². The van der Waals surface area contributed by atoms with E-state index in [1.165, 1.54) is 11.8 Å². The second-order valence-corrected chi connectivity index (χ2v) is 7.36. The van der Waals surface area contributed by atoms with Gasteiger partial charge in [0.05, 0.1) is 0 Å². The standard InChI is InChI=1S/C21H16N2O6S/c24-20(12-30-21-22-15-3-1-2-4-16(15)28-21)27-11-14-10-18(29-23-14)13-5-6-17-19(9-13)26-8-7-25-17/h1-6,9-10H,7-8,11-12H2. The summed E-state index contributed by atoms with van der Waals surface area (Å²) in [5.74, 6) is 1.61. The predicted octanol–water partition coefficient (Wildman–Crippen LogP) is 4.09. The van der Waals surface area contributed by atoms with Crippen LogP contribution in [0.4, 0.5) is 0 Å². The highest BCUT2D eigenvalue weighted by molar-refractivity contribution is 7.99. The van der Waals surface area contributed by atoms with Crippen LogP contribution >= 0.6 is 11.8 Å². The van der Waals surface area contributed by atoms with Gasteiger partial charge in [-0.15, -0.1) is 0 Å². The number of para-hydroxylation sites is 2. The molecule has 0 N–H and O–H groups in total. The molecular weight excluding hydrogens is 408 g/mol. The molecule has 8 nitrogen and oxygen atoms in total. The molecule has 3 heterocycles. The number of oxazole rings is 1. The van der Waals surface area contributed by atoms with Crippen LogP contribution in [0.2, 0.25) is 0 Å². The minimum Gasteiger partial charge on any atom is -0.486 e. The molecule has 30 heavy (non-hydrogen) atoms. The molecule has 0 atom stereocenters. The van der Waals surface area contributed by atoms with E-state index < -0.39 is 5.97 Å². The Morgan fingerprint density at radius 3 is 2.83 bits per heavy atom. The molecule has 5 rings (SSSR count). The molecule has 2 aromatic carbocycles. The number of hydrogen-bond donors (Lipinski definition) is 0. The quantitative estimate of drug-likeness (QED) is 0.335. The van der Waals surface area contributed by atoms with E-state index >= 15 is 0 Å². The van der Waals surface area contributed by atoms with Crippen molar-refractivity contribution in [2.75, 3.05) is 19.0 Å². The fourth-order valence-electron chi connectivity index (χ4n) is 2.94. The number of ether oxygens (including phenoxy) is 3. The summed E-state index contributed by atoms with van der Waals surface area (Å²) < 4.78 is 27.3. The maximum Gasteiger partial charge on any atom is 0.316 e. The molecular formula is C21H16N2O6S. The Morgan fingerprint density at radius 2 is 1.93 bits per heavy atom. The lowest BCUT2D eigenvalue weighted by Crippen LogP contribution is -2.15. The van der Waals surface area contributed by atoms with Crippen molar-refractivity contribution < 1.29 is 27.9 Å². The number of benzene rings is 2. The zero-order valence-electron chi connectivity index (χ0n) is 15.7. The number of thioether (sulfide) groups is 1. The van der Waals surface area contributed by atoms with Gasteiger partial charge in [0.25, 0.3) is 5.22 Å². The Balaban J connectivity index is 1.16. The van der Waals surface area contributed by atoms with Crippen LogP contribution in [0.1, 0.15) is 5.69 Å². The first-order valence-electron chi connectivity index (χ1n) is 9.24. The average Bonchev–Trinajstić information content (AvgIpc) is 3.42. The minimum atomic E-state index is -0.397. The molecule has 1 aliphatic rings. The molecule has 0 unspecified atom stereocenters. The molecule has 0 fully saturated rings. The summed E-state index contributed by atoms with van der Waals surface area (Å²) in [7, 11) is 0. The smallest absolute Gasteiger partial charge is 0.316 e. The van der Waals surface area contributed by atoms with Crippen LogP contribution in [0.3, 0.4) is 0 Å². The summed E-state index contributed by atoms with van der Waals surface area (Å²) in [6, 6.07) is 14.7. The first-order chi connectivity index (χ1) is 14.7. The van der Waals surface area contributed by atoms with Gasteiger partial charge in [-0.25, -0.2) is 4.98 Å². The molecule has 0 saturated carbocycles. The van der Waals surface area contributed by atoms with Gasteiger partial charge >= 0.3 is 5.97 Å². The molecule has 0 aliphatic carbocycles. The van der Waals surface area contributed by atoms with Crippen LogP contribution in [-0.4, -0.2) is 35.1 Å². The lowest BCUT2D eigenvalue weighted by molar-refractivity contribution is -0.141. The molecule has 0 saturated heterocycles. The van der Waals surface area contributed by atoms with E-state index in [2.05, 4.69) is 10.1 Å². The summed E-state index contributed by atoms with van der Waals surface area (Å²) in [6.07, 6.45) is 0. The first kappa shape index (κ1) is 18.6. The van der Waals surface area contributed by atoms with Crippen molar-refractivity contribution in [3.63, 3.8) is 0 Å². The third-order valence-corrected chi connectivity index (χ3v) is 5.16. The topological polar surface area (TPSA) is 96.8 Å². The van der Waals surface area contributed by atoms with Gasteiger partial charge in [0.2, 0.25) is 0 Å². The maximum absolute atomic E-state index is 12.0. The predicted molar refractivity (Wildman–Crippen MR) is 107 cm³/mol. The van der Waals surface area contributed by atoms with Gasteiger partial charge in [0.1, 0.15) is 36.8 Å². The van der Waals surface area contributed by atoms with E-state index in [1.807, 2.05) is 42.5 Å². The third-order valence-electron chi connectivity index (χ3n) is 4.35. The second-order valence-electron chi connectivity index (χ2n) is 6.44. The Bertz CT molecular complexity index is 1170. The number of esters is 1. The lowest BCUT2D eigenvalue weighted by Gasteiger charge is -2.18. The summed E-state index contributed by atoms with van der Waals surface area (Å²) >= 11 is 1.18. The second kappa shape index (κ2) is 8.11. The molecule has 0 radical (unpaired) electrons. The Labute approximate surface area is 175 Å². The number of carbonyl (C=O) groups excluding carboxylic acids is 1. The van der Waals surface area contributed by atoms with Crippen LogP contribution in [0.25, 0.3) is 22.4 Å². The largest absolute Gasteiger partial charge is 0.486 e. The van der Waals surface area contributed by atoms with Gasteiger partial charge in [0, 0.05) is 11.6 Å². The average molecular weight is 424 g/mol. The fourth-order valence-corrected chi connectivity index (χ4v) is 3.58. The summed E-state index contributed by atoms with van der Waals surface area (Å²) in [6.45, 7) is 1.06. The van der Waals surface area contributed by atoms with Crippen LogP contribution in [-0.2, 0) is 16.1 Å². The number of hydrogen-bond acceptors (Lipinski definition) is 9. The van der Waals surface area contributed by atoms with Gasteiger partial charge in [-0.3, -0.25) is 4.79 Å². The van der Waals surface area contributed by atoms with Gasteiger partial charge in [-0.2, -0.15) is 0 Å². The molecule has 152 valence electrons. The monoisotopic (exact) mass is 424 g/mol. The van der Waals surface area contributed by atoms with Gasteiger partial charge in [0.15, 0.2) is 22.8 Å². The van der Waals surface area contributed by atoms with Crippen molar-refractivity contribution in [3.8, 4) is 22.8 Å². The number of fused-ring (bicyclic) bond motifs is 2. The third kappa shape index (κ3) is 3.97. The molecule has 9 heteroatoms. The molecule has 1 aliphatic heterocycles. The summed E-state index contributed by atoms with van der Waals surface area (Å²) in [4.78, 5) is 16.4. The lowest BCUT2D eigenvalue weighted by atomic mass is 10.1. The van der Waals surface area contributed by atoms with E-state index in [0.29, 0.717) is 47.0 Å². The van der Waals surface area contributed by atoms with Crippen molar-refractivity contribution in [2.45, 2.75) is 11.8 Å². The van der Waals surface area contributed by atoms with E-state index in [0.717, 1.165) is 11.1 Å². The molecule has 0 amide bonds. The number of aromatic nitrogens is 2. The first-order valence-corrected chi connectivity index (χ1v) is 10.2. The van der Waals surface area contributed by atoms with Crippen LogP contribution < -0.4 is 9.47 Å². The Hall–Kier alpha value is -3.46. The highest BCUT2D eigenvalue weighted by atomic mass is 32.2.